The highest BCUT2D eigenvalue weighted by atomic mass is 16.5. The van der Waals surface area contributed by atoms with Gasteiger partial charge in [0.2, 0.25) is 17.1 Å². The van der Waals surface area contributed by atoms with Crippen LogP contribution in [0.25, 0.3) is 0 Å². The zero-order chi connectivity index (χ0) is 18.8. The molecule has 2 heterocycles. The van der Waals surface area contributed by atoms with Gasteiger partial charge in [-0.1, -0.05) is 6.07 Å². The Kier molecular flexibility index (Phi) is 4.56. The minimum atomic E-state index is -0.789. The average molecular weight is 356 g/mol. The zero-order valence-electron chi connectivity index (χ0n) is 14.1. The topological polar surface area (TPSA) is 128 Å². The van der Waals surface area contributed by atoms with Crippen molar-refractivity contribution in [1.82, 2.24) is 0 Å². The van der Waals surface area contributed by atoms with E-state index in [1.54, 1.807) is 18.2 Å². The molecule has 8 heteroatoms. The van der Waals surface area contributed by atoms with Crippen LogP contribution in [0.15, 0.2) is 44.9 Å². The molecule has 8 nitrogen and oxygen atoms in total. The molecule has 0 aliphatic carbocycles. The fourth-order valence-electron chi connectivity index (χ4n) is 2.83. The fourth-order valence-corrected chi connectivity index (χ4v) is 2.83. The summed E-state index contributed by atoms with van der Waals surface area (Å²) in [7, 11) is 2.99. The van der Waals surface area contributed by atoms with E-state index in [9.17, 15) is 15.2 Å². The van der Waals surface area contributed by atoms with Gasteiger partial charge >= 0.3 is 0 Å². The van der Waals surface area contributed by atoms with E-state index in [0.29, 0.717) is 17.1 Å². The predicted octanol–water partition coefficient (Wildman–Crippen LogP) is 1.37. The number of aliphatic hydroxyl groups excluding tert-OH is 1. The van der Waals surface area contributed by atoms with Gasteiger partial charge in [0.1, 0.15) is 24.0 Å². The Balaban J connectivity index is 2.27. The second kappa shape index (κ2) is 6.82. The number of nitrogens with two attached hydrogens (primary N) is 1. The Labute approximate surface area is 148 Å². The van der Waals surface area contributed by atoms with E-state index >= 15 is 0 Å². The summed E-state index contributed by atoms with van der Waals surface area (Å²) < 4.78 is 21.5. The molecule has 134 valence electrons. The van der Waals surface area contributed by atoms with Gasteiger partial charge in [-0.05, 0) is 17.7 Å². The minimum absolute atomic E-state index is 0.0561. The summed E-state index contributed by atoms with van der Waals surface area (Å²) in [5.41, 5.74) is 6.02. The second-order valence-electron chi connectivity index (χ2n) is 5.47. The van der Waals surface area contributed by atoms with Crippen LogP contribution in [-0.4, -0.2) is 19.3 Å². The lowest BCUT2D eigenvalue weighted by molar-refractivity contribution is 0.231. The van der Waals surface area contributed by atoms with Crippen molar-refractivity contribution < 1.29 is 23.7 Å². The van der Waals surface area contributed by atoms with Crippen LogP contribution in [-0.2, 0) is 6.61 Å². The summed E-state index contributed by atoms with van der Waals surface area (Å²) in [6, 6.07) is 8.16. The zero-order valence-corrected chi connectivity index (χ0v) is 14.1. The second-order valence-corrected chi connectivity index (χ2v) is 5.47. The van der Waals surface area contributed by atoms with Crippen molar-refractivity contribution in [2.75, 3.05) is 14.2 Å². The van der Waals surface area contributed by atoms with Gasteiger partial charge in [0, 0.05) is 6.07 Å². The first-order valence-electron chi connectivity index (χ1n) is 7.61. The highest BCUT2D eigenvalue weighted by Gasteiger charge is 2.35. The van der Waals surface area contributed by atoms with E-state index in [1.165, 1.54) is 14.2 Å². The Morgan fingerprint density at radius 2 is 2.00 bits per heavy atom. The lowest BCUT2D eigenvalue weighted by atomic mass is 9.87. The number of ether oxygens (including phenoxy) is 3. The maximum absolute atomic E-state index is 12.3. The van der Waals surface area contributed by atoms with Crippen LogP contribution in [0.3, 0.4) is 0 Å². The third-order valence-electron chi connectivity index (χ3n) is 4.03. The summed E-state index contributed by atoms with van der Waals surface area (Å²) in [6.45, 7) is -0.470. The maximum Gasteiger partial charge on any atom is 0.228 e. The van der Waals surface area contributed by atoms with Gasteiger partial charge in [0.25, 0.3) is 0 Å². The minimum Gasteiger partial charge on any atom is -0.493 e. The van der Waals surface area contributed by atoms with Crippen LogP contribution in [0.2, 0.25) is 0 Å². The Bertz CT molecular complexity index is 986. The van der Waals surface area contributed by atoms with Crippen LogP contribution in [0, 0.1) is 11.3 Å². The first-order valence-corrected chi connectivity index (χ1v) is 7.61. The number of hydrogen-bond donors (Lipinski definition) is 2. The molecule has 3 N–H and O–H groups in total. The molecule has 0 saturated carbocycles. The van der Waals surface area contributed by atoms with Crippen LogP contribution in [0.5, 0.6) is 17.2 Å². The Morgan fingerprint density at radius 3 is 2.62 bits per heavy atom. The van der Waals surface area contributed by atoms with E-state index in [1.807, 2.05) is 6.07 Å². The van der Waals surface area contributed by atoms with E-state index in [2.05, 4.69) is 0 Å². The highest BCUT2D eigenvalue weighted by Crippen LogP contribution is 2.43. The summed E-state index contributed by atoms with van der Waals surface area (Å²) in [6.07, 6.45) is 0. The summed E-state index contributed by atoms with van der Waals surface area (Å²) >= 11 is 0. The van der Waals surface area contributed by atoms with Gasteiger partial charge in [0.05, 0.1) is 20.1 Å². The third kappa shape index (κ3) is 2.74. The van der Waals surface area contributed by atoms with Crippen LogP contribution >= 0.6 is 0 Å². The van der Waals surface area contributed by atoms with E-state index in [0.717, 1.165) is 6.07 Å². The molecular weight excluding hydrogens is 340 g/mol. The number of benzene rings is 1. The van der Waals surface area contributed by atoms with E-state index in [-0.39, 0.29) is 28.7 Å². The molecule has 26 heavy (non-hydrogen) atoms. The molecule has 1 atom stereocenters. The van der Waals surface area contributed by atoms with Crippen molar-refractivity contribution in [2.45, 2.75) is 12.5 Å². The molecule has 0 fully saturated rings. The van der Waals surface area contributed by atoms with Crippen LogP contribution in [0.1, 0.15) is 23.0 Å². The molecule has 1 aliphatic rings. The first kappa shape index (κ1) is 17.4. The highest BCUT2D eigenvalue weighted by molar-refractivity contribution is 5.55. The molecule has 0 amide bonds. The lowest BCUT2D eigenvalue weighted by Crippen LogP contribution is -2.25. The molecule has 1 aromatic heterocycles. The Morgan fingerprint density at radius 1 is 1.27 bits per heavy atom. The normalized spacial score (nSPS) is 15.7. The molecule has 0 saturated heterocycles. The van der Waals surface area contributed by atoms with Gasteiger partial charge in [0.15, 0.2) is 17.3 Å². The van der Waals surface area contributed by atoms with Gasteiger partial charge < -0.3 is 29.5 Å². The van der Waals surface area contributed by atoms with Gasteiger partial charge in [-0.25, -0.2) is 0 Å². The number of methoxy groups -OCH3 is 2. The molecule has 3 rings (SSSR count). The third-order valence-corrected chi connectivity index (χ3v) is 4.03. The van der Waals surface area contributed by atoms with Crippen LogP contribution < -0.4 is 25.4 Å². The van der Waals surface area contributed by atoms with Crippen molar-refractivity contribution in [3.63, 3.8) is 0 Å². The SMILES string of the molecule is COc1ccc(C2C(C#N)=C(N)Oc3c2oc(CO)cc3=O)cc1OC. The largest absolute Gasteiger partial charge is 0.493 e. The summed E-state index contributed by atoms with van der Waals surface area (Å²) in [4.78, 5) is 12.3. The quantitative estimate of drug-likeness (QED) is 0.840. The van der Waals surface area contributed by atoms with Crippen molar-refractivity contribution >= 4 is 0 Å². The first-order chi connectivity index (χ1) is 12.5. The molecular formula is C18H16N2O6. The van der Waals surface area contributed by atoms with Crippen LogP contribution in [0.4, 0.5) is 0 Å². The fraction of sp³-hybridized carbons (Fsp3) is 0.222. The van der Waals surface area contributed by atoms with Crippen molar-refractivity contribution in [3.8, 4) is 23.3 Å². The van der Waals surface area contributed by atoms with Crippen molar-refractivity contribution in [2.24, 2.45) is 5.73 Å². The number of aliphatic hydroxyl groups is 1. The summed E-state index contributed by atoms with van der Waals surface area (Å²) in [5.74, 6) is 0.0179. The molecule has 1 aliphatic heterocycles. The van der Waals surface area contributed by atoms with E-state index < -0.39 is 18.0 Å². The number of rotatable bonds is 4. The predicted molar refractivity (Wildman–Crippen MR) is 89.7 cm³/mol. The van der Waals surface area contributed by atoms with Crippen molar-refractivity contribution in [1.29, 1.82) is 5.26 Å². The number of hydrogen-bond acceptors (Lipinski definition) is 8. The number of nitriles is 1. The molecule has 2 aromatic rings. The number of fused-ring (bicyclic) bond motifs is 1. The van der Waals surface area contributed by atoms with Gasteiger partial charge in [-0.2, -0.15) is 5.26 Å². The molecule has 1 unspecified atom stereocenters. The number of nitrogens with zero attached hydrogens (tertiary/aromatic N) is 1. The number of allylic oxidation sites excluding steroid dienone is 1. The molecule has 0 bridgehead atoms. The van der Waals surface area contributed by atoms with E-state index in [4.69, 9.17) is 24.4 Å². The lowest BCUT2D eigenvalue weighted by Gasteiger charge is -2.25. The van der Waals surface area contributed by atoms with Gasteiger partial charge in [-0.3, -0.25) is 4.79 Å². The standard InChI is InChI=1S/C18H16N2O6/c1-23-13-4-3-9(5-14(13)24-2)15-11(7-19)18(20)26-16-12(22)6-10(8-21)25-17(15)16/h3-6,15,21H,8,20H2,1-2H3. The molecule has 0 radical (unpaired) electrons. The van der Waals surface area contributed by atoms with Gasteiger partial charge in [-0.15, -0.1) is 0 Å². The smallest absolute Gasteiger partial charge is 0.228 e. The average Bonchev–Trinajstić information content (AvgIpc) is 2.66. The maximum atomic E-state index is 12.3. The Hall–Kier alpha value is -3.44. The van der Waals surface area contributed by atoms with Crippen molar-refractivity contribution in [3.05, 3.63) is 63.0 Å². The summed E-state index contributed by atoms with van der Waals surface area (Å²) in [5, 5.41) is 18.9. The molecule has 1 aromatic carbocycles. The monoisotopic (exact) mass is 356 g/mol. The molecule has 0 spiro atoms.